The highest BCUT2D eigenvalue weighted by atomic mass is 35.5. The number of amides is 1. The van der Waals surface area contributed by atoms with Crippen molar-refractivity contribution < 1.29 is 37.0 Å². The Kier molecular flexibility index (Phi) is 11.3. The third kappa shape index (κ3) is 8.10. The number of carboxylic acids is 1. The van der Waals surface area contributed by atoms with Gasteiger partial charge in [0.15, 0.2) is 11.6 Å². The number of carboxylic acid groups (broad SMARTS) is 1. The average molecular weight is 856 g/mol. The van der Waals surface area contributed by atoms with E-state index in [0.717, 1.165) is 11.4 Å². The van der Waals surface area contributed by atoms with Gasteiger partial charge in [0, 0.05) is 49.2 Å². The monoisotopic (exact) mass is 855 g/mol. The minimum Gasteiger partial charge on any atom is -0.478 e. The van der Waals surface area contributed by atoms with Gasteiger partial charge >= 0.3 is 17.1 Å². The second-order valence-corrected chi connectivity index (χ2v) is 14.6. The molecule has 310 valence electrons. The summed E-state index contributed by atoms with van der Waals surface area (Å²) in [5.41, 5.74) is 6.68. The molecule has 15 heteroatoms. The minimum atomic E-state index is -1.95. The number of nitrogens with zero attached hydrogens (tertiary/aromatic N) is 4. The number of aromatic carboxylic acids is 1. The molecule has 0 unspecified atom stereocenters. The summed E-state index contributed by atoms with van der Waals surface area (Å²) >= 11 is 5.91. The molecule has 0 saturated carbocycles. The van der Waals surface area contributed by atoms with E-state index in [1.54, 1.807) is 60.7 Å². The van der Waals surface area contributed by atoms with E-state index in [0.29, 0.717) is 22.5 Å². The SMILES string of the molecule is CN(c1ccccc1)c1ccc2c(-c3c(F)c(C(=O)NCc4ccc(COc5cc(Cl)nc(N)n5)cc4)c(F)c(F)c3C(=O)O)c3ccc(N(C)c4ccccc4)cc3[o+]c2c1. The van der Waals surface area contributed by atoms with E-state index in [4.69, 9.17) is 26.5 Å². The molecule has 0 aliphatic rings. The van der Waals surface area contributed by atoms with Crippen LogP contribution in [0.25, 0.3) is 33.1 Å². The zero-order chi connectivity index (χ0) is 43.7. The first-order chi connectivity index (χ1) is 29.9. The van der Waals surface area contributed by atoms with E-state index in [2.05, 4.69) is 15.3 Å². The van der Waals surface area contributed by atoms with Gasteiger partial charge < -0.3 is 30.7 Å². The van der Waals surface area contributed by atoms with Crippen molar-refractivity contribution in [3.8, 4) is 17.0 Å². The quantitative estimate of drug-likeness (QED) is 0.0470. The molecule has 6 aromatic carbocycles. The van der Waals surface area contributed by atoms with Gasteiger partial charge in [-0.3, -0.25) is 4.79 Å². The largest absolute Gasteiger partial charge is 0.478 e. The number of rotatable bonds is 12. The summed E-state index contributed by atoms with van der Waals surface area (Å²) < 4.78 is 61.4. The van der Waals surface area contributed by atoms with Gasteiger partial charge in [-0.15, -0.1) is 0 Å². The molecule has 0 aliphatic heterocycles. The van der Waals surface area contributed by atoms with Crippen molar-refractivity contribution >= 4 is 74.1 Å². The molecule has 0 radical (unpaired) electrons. The van der Waals surface area contributed by atoms with Crippen LogP contribution in [0.3, 0.4) is 0 Å². The van der Waals surface area contributed by atoms with E-state index >= 15 is 13.2 Å². The fourth-order valence-electron chi connectivity index (χ4n) is 7.12. The van der Waals surface area contributed by atoms with Gasteiger partial charge in [0.25, 0.3) is 5.91 Å². The highest BCUT2D eigenvalue weighted by Crippen LogP contribution is 2.44. The van der Waals surface area contributed by atoms with Crippen molar-refractivity contribution in [1.82, 2.24) is 15.3 Å². The lowest BCUT2D eigenvalue weighted by Gasteiger charge is -2.20. The number of para-hydroxylation sites is 2. The number of halogens is 4. The number of carbonyl (C=O) groups excluding carboxylic acids is 1. The lowest BCUT2D eigenvalue weighted by Crippen LogP contribution is -2.27. The van der Waals surface area contributed by atoms with Crippen LogP contribution in [0.4, 0.5) is 41.9 Å². The highest BCUT2D eigenvalue weighted by Gasteiger charge is 2.36. The van der Waals surface area contributed by atoms with Crippen LogP contribution in [0.1, 0.15) is 31.8 Å². The van der Waals surface area contributed by atoms with Gasteiger partial charge in [0.2, 0.25) is 11.8 Å². The maximum Gasteiger partial charge on any atom is 0.363 e. The Bertz CT molecular complexity index is 2890. The van der Waals surface area contributed by atoms with Crippen molar-refractivity contribution in [1.29, 1.82) is 0 Å². The Morgan fingerprint density at radius 2 is 1.23 bits per heavy atom. The average Bonchev–Trinajstić information content (AvgIpc) is 3.27. The van der Waals surface area contributed by atoms with Crippen LogP contribution in [0, 0.1) is 17.5 Å². The lowest BCUT2D eigenvalue weighted by atomic mass is 9.90. The third-order valence-corrected chi connectivity index (χ3v) is 10.5. The number of nitrogen functional groups attached to an aromatic ring is 1. The second-order valence-electron chi connectivity index (χ2n) is 14.2. The molecule has 0 atom stereocenters. The number of ether oxygens (including phenoxy) is 1. The number of anilines is 5. The molecule has 8 aromatic rings. The number of carbonyl (C=O) groups is 2. The Labute approximate surface area is 357 Å². The molecule has 62 heavy (non-hydrogen) atoms. The van der Waals surface area contributed by atoms with E-state index in [-0.39, 0.29) is 57.6 Å². The smallest absolute Gasteiger partial charge is 0.363 e. The Morgan fingerprint density at radius 1 is 0.694 bits per heavy atom. The maximum atomic E-state index is 17.2. The van der Waals surface area contributed by atoms with E-state index in [9.17, 15) is 14.7 Å². The van der Waals surface area contributed by atoms with Gasteiger partial charge in [-0.1, -0.05) is 72.3 Å². The normalized spacial score (nSPS) is 11.1. The van der Waals surface area contributed by atoms with Gasteiger partial charge in [0.05, 0.1) is 34.3 Å². The molecule has 0 fully saturated rings. The number of nitrogens with two attached hydrogens (primary N) is 1. The topological polar surface area (TPSA) is 145 Å². The summed E-state index contributed by atoms with van der Waals surface area (Å²) in [5.74, 6) is -8.57. The first kappa shape index (κ1) is 41.0. The van der Waals surface area contributed by atoms with Crippen LogP contribution in [-0.2, 0) is 13.2 Å². The first-order valence-corrected chi connectivity index (χ1v) is 19.4. The molecule has 11 nitrogen and oxygen atoms in total. The number of aromatic nitrogens is 2. The van der Waals surface area contributed by atoms with Crippen LogP contribution in [0.15, 0.2) is 132 Å². The van der Waals surface area contributed by atoms with Crippen LogP contribution in [0.2, 0.25) is 5.15 Å². The fraction of sp³-hybridized carbons (Fsp3) is 0.0851. The maximum absolute atomic E-state index is 17.2. The number of fused-ring (bicyclic) bond motifs is 2. The Hall–Kier alpha value is -7.71. The van der Waals surface area contributed by atoms with Crippen LogP contribution >= 0.6 is 11.6 Å². The molecule has 8 rings (SSSR count). The second kappa shape index (κ2) is 17.1. The lowest BCUT2D eigenvalue weighted by molar-refractivity contribution is 0.0689. The summed E-state index contributed by atoms with van der Waals surface area (Å²) in [6.45, 7) is -0.139. The van der Waals surface area contributed by atoms with E-state index in [1.165, 1.54) is 6.07 Å². The van der Waals surface area contributed by atoms with E-state index < -0.39 is 46.0 Å². The predicted octanol–water partition coefficient (Wildman–Crippen LogP) is 10.7. The molecular formula is C47H35ClF3N6O5+. The number of nitrogens with one attached hydrogen (secondary N) is 1. The van der Waals surface area contributed by atoms with Crippen molar-refractivity contribution in [3.05, 3.63) is 172 Å². The molecule has 0 saturated heterocycles. The molecular weight excluding hydrogens is 821 g/mol. The predicted molar refractivity (Wildman–Crippen MR) is 233 cm³/mol. The molecule has 0 aliphatic carbocycles. The third-order valence-electron chi connectivity index (χ3n) is 10.3. The molecule has 2 heterocycles. The van der Waals surface area contributed by atoms with Crippen LogP contribution < -0.4 is 25.6 Å². The van der Waals surface area contributed by atoms with Crippen molar-refractivity contribution in [2.75, 3.05) is 29.6 Å². The standard InChI is InChI=1S/C47H34ClF3N6O5/c1-56(28-9-5-3-6-10-28)30-17-19-32-34(21-30)62-35-22-31(57(2)29-11-7-4-8-12-29)18-20-33(35)38(32)39-40(46(59)60)43(50)44(51)41(42(39)49)45(58)53-24-26-13-15-27(16-14-26)25-61-37-23-36(48)54-47(52)55-37/h3-23H,24-25H2,1-2H3,(H3-,52,53,54,55,58,59,60)/p+1. The minimum absolute atomic E-state index is 0.0562. The summed E-state index contributed by atoms with van der Waals surface area (Å²) in [7, 11) is 3.68. The molecule has 1 amide bonds. The van der Waals surface area contributed by atoms with Crippen LogP contribution in [-0.4, -0.2) is 41.0 Å². The van der Waals surface area contributed by atoms with Crippen molar-refractivity contribution in [3.63, 3.8) is 0 Å². The molecule has 2 aromatic heterocycles. The summed E-state index contributed by atoms with van der Waals surface area (Å²) in [6.07, 6.45) is 0. The fourth-order valence-corrected chi connectivity index (χ4v) is 7.30. The number of hydrogen-bond acceptors (Lipinski definition) is 8. The number of hydrogen-bond donors (Lipinski definition) is 3. The summed E-state index contributed by atoms with van der Waals surface area (Å²) in [6, 6.07) is 36.9. The Balaban J connectivity index is 1.20. The van der Waals surface area contributed by atoms with Crippen LogP contribution in [0.5, 0.6) is 5.88 Å². The van der Waals surface area contributed by atoms with Gasteiger partial charge in [-0.2, -0.15) is 4.98 Å². The summed E-state index contributed by atoms with van der Waals surface area (Å²) in [5, 5.41) is 13.3. The number of benzene rings is 6. The molecule has 4 N–H and O–H groups in total. The van der Waals surface area contributed by atoms with Crippen molar-refractivity contribution in [2.24, 2.45) is 0 Å². The van der Waals surface area contributed by atoms with Gasteiger partial charge in [-0.25, -0.2) is 27.4 Å². The van der Waals surface area contributed by atoms with Crippen molar-refractivity contribution in [2.45, 2.75) is 13.2 Å². The molecule has 0 bridgehead atoms. The summed E-state index contributed by atoms with van der Waals surface area (Å²) in [4.78, 5) is 38.0. The van der Waals surface area contributed by atoms with E-state index in [1.807, 2.05) is 84.6 Å². The zero-order valence-electron chi connectivity index (χ0n) is 33.0. The first-order valence-electron chi connectivity index (χ1n) is 19.0. The van der Waals surface area contributed by atoms with Gasteiger partial charge in [0.1, 0.15) is 28.7 Å². The Morgan fingerprint density at radius 3 is 1.76 bits per heavy atom. The zero-order valence-corrected chi connectivity index (χ0v) is 33.8. The van der Waals surface area contributed by atoms with Gasteiger partial charge in [-0.05, 0) is 59.7 Å². The highest BCUT2D eigenvalue weighted by molar-refractivity contribution is 6.29. The molecule has 0 spiro atoms.